The number of anilines is 1. The molecule has 1 saturated heterocycles. The maximum Gasteiger partial charge on any atom is 0.167 e. The molecule has 0 bridgehead atoms. The smallest absolute Gasteiger partial charge is 0.167 e. The molecule has 3 heterocycles. The van der Waals surface area contributed by atoms with Crippen LogP contribution in [0.25, 0.3) is 5.69 Å². The summed E-state index contributed by atoms with van der Waals surface area (Å²) in [6, 6.07) is 3.54. The van der Waals surface area contributed by atoms with E-state index in [2.05, 4.69) is 15.0 Å². The zero-order valence-corrected chi connectivity index (χ0v) is 20.1. The van der Waals surface area contributed by atoms with Crippen molar-refractivity contribution < 1.29 is 13.6 Å². The first-order valence-corrected chi connectivity index (χ1v) is 10.9. The largest absolute Gasteiger partial charge is 0.369 e. The minimum absolute atomic E-state index is 0. The normalized spacial score (nSPS) is 14.3. The molecule has 1 aliphatic heterocycles. The van der Waals surface area contributed by atoms with Crippen molar-refractivity contribution in [2.45, 2.75) is 13.3 Å². The Morgan fingerprint density at radius 3 is 2.21 bits per heavy atom. The lowest BCUT2D eigenvalue weighted by Gasteiger charge is -2.36. The number of halogens is 5. The summed E-state index contributed by atoms with van der Waals surface area (Å²) in [7, 11) is 0. The van der Waals surface area contributed by atoms with Crippen molar-refractivity contribution in [3.8, 4) is 5.69 Å². The zero-order valence-electron chi connectivity index (χ0n) is 17.8. The van der Waals surface area contributed by atoms with Gasteiger partial charge >= 0.3 is 0 Å². The van der Waals surface area contributed by atoms with Crippen LogP contribution in [-0.4, -0.2) is 58.2 Å². The molecule has 0 spiro atoms. The first-order valence-electron chi connectivity index (χ1n) is 10.1. The topological polar surface area (TPSA) is 54.3 Å². The van der Waals surface area contributed by atoms with Crippen LogP contribution in [0.1, 0.15) is 22.5 Å². The summed E-state index contributed by atoms with van der Waals surface area (Å²) in [5, 5.41) is 4.99. The number of piperazine rings is 1. The fraction of sp³-hybridized carbons (Fsp3) is 0.318. The molecular weight excluding hydrogens is 495 g/mol. The number of ketones is 1. The van der Waals surface area contributed by atoms with E-state index in [-0.39, 0.29) is 18.2 Å². The zero-order chi connectivity index (χ0) is 22.8. The second-order valence-electron chi connectivity index (χ2n) is 7.64. The van der Waals surface area contributed by atoms with Gasteiger partial charge in [0.1, 0.15) is 17.3 Å². The molecule has 0 amide bonds. The van der Waals surface area contributed by atoms with Gasteiger partial charge in [-0.3, -0.25) is 14.7 Å². The Hall–Kier alpha value is -2.26. The van der Waals surface area contributed by atoms with E-state index in [0.29, 0.717) is 71.8 Å². The summed E-state index contributed by atoms with van der Waals surface area (Å²) in [5.41, 5.74) is 2.20. The number of Topliss-reactive ketones (excluding diaryl/α,β-unsaturated/α-hetero) is 1. The Labute approximate surface area is 206 Å². The van der Waals surface area contributed by atoms with Crippen molar-refractivity contribution in [2.24, 2.45) is 0 Å². The third-order valence-electron chi connectivity index (χ3n) is 5.59. The third-order valence-corrected chi connectivity index (χ3v) is 6.14. The number of aromatic nitrogens is 3. The quantitative estimate of drug-likeness (QED) is 0.433. The van der Waals surface area contributed by atoms with Crippen LogP contribution in [0.15, 0.2) is 36.8 Å². The van der Waals surface area contributed by atoms with Gasteiger partial charge in [-0.2, -0.15) is 5.10 Å². The van der Waals surface area contributed by atoms with Crippen LogP contribution in [0.3, 0.4) is 0 Å². The molecular formula is C22H22Cl3F2N5O. The number of hydrogen-bond donors (Lipinski definition) is 0. The number of carbonyl (C=O) groups excluding carboxylic acids is 1. The number of carbonyl (C=O) groups is 1. The van der Waals surface area contributed by atoms with Crippen molar-refractivity contribution in [1.82, 2.24) is 19.7 Å². The summed E-state index contributed by atoms with van der Waals surface area (Å²) in [6.07, 6.45) is 4.81. The predicted octanol–water partition coefficient (Wildman–Crippen LogP) is 4.98. The lowest BCUT2D eigenvalue weighted by atomic mass is 10.1. The molecule has 3 aromatic rings. The molecule has 4 rings (SSSR count). The molecule has 1 fully saturated rings. The minimum Gasteiger partial charge on any atom is -0.369 e. The van der Waals surface area contributed by atoms with E-state index in [9.17, 15) is 13.6 Å². The first kappa shape index (κ1) is 25.4. The highest BCUT2D eigenvalue weighted by molar-refractivity contribution is 6.37. The van der Waals surface area contributed by atoms with Gasteiger partial charge in [0.05, 0.1) is 27.5 Å². The van der Waals surface area contributed by atoms with Crippen LogP contribution in [0.4, 0.5) is 14.5 Å². The van der Waals surface area contributed by atoms with Crippen LogP contribution in [0, 0.1) is 18.6 Å². The Balaban J connectivity index is 0.00000306. The summed E-state index contributed by atoms with van der Waals surface area (Å²) in [6.45, 7) is 5.05. The molecule has 0 saturated carbocycles. The van der Waals surface area contributed by atoms with Crippen molar-refractivity contribution in [3.63, 3.8) is 0 Å². The lowest BCUT2D eigenvalue weighted by molar-refractivity contribution is 0.0962. The van der Waals surface area contributed by atoms with Crippen molar-refractivity contribution in [2.75, 3.05) is 37.6 Å². The lowest BCUT2D eigenvalue weighted by Crippen LogP contribution is -2.47. The van der Waals surface area contributed by atoms with Crippen LogP contribution >= 0.6 is 35.6 Å². The van der Waals surface area contributed by atoms with E-state index in [1.807, 2.05) is 4.90 Å². The molecule has 11 heteroatoms. The fourth-order valence-electron chi connectivity index (χ4n) is 3.86. The third kappa shape index (κ3) is 5.63. The second kappa shape index (κ2) is 10.8. The van der Waals surface area contributed by atoms with Crippen LogP contribution in [0.2, 0.25) is 10.0 Å². The average Bonchev–Trinajstić information content (AvgIpc) is 3.13. The molecule has 0 atom stereocenters. The number of benzene rings is 1. The predicted molar refractivity (Wildman–Crippen MR) is 127 cm³/mol. The Kier molecular flexibility index (Phi) is 8.28. The highest BCUT2D eigenvalue weighted by atomic mass is 35.5. The molecule has 0 unspecified atom stereocenters. The standard InChI is InChI=1S/C22H21Cl2F2N5O.ClH/c1-14-18(11-28-31(14)22-19(23)12-27-13-20(22)24)21(32)2-3-29-4-6-30(7-5-29)17-9-15(25)8-16(26)10-17;/h8-13H,2-7H2,1H3;1H. The van der Waals surface area contributed by atoms with Gasteiger partial charge in [0.15, 0.2) is 5.78 Å². The number of rotatable bonds is 6. The first-order chi connectivity index (χ1) is 15.3. The highest BCUT2D eigenvalue weighted by Crippen LogP contribution is 2.28. The molecule has 33 heavy (non-hydrogen) atoms. The minimum atomic E-state index is -0.585. The van der Waals surface area contributed by atoms with Gasteiger partial charge < -0.3 is 4.90 Å². The van der Waals surface area contributed by atoms with E-state index in [4.69, 9.17) is 23.2 Å². The van der Waals surface area contributed by atoms with E-state index in [0.717, 1.165) is 6.07 Å². The van der Waals surface area contributed by atoms with Crippen molar-refractivity contribution in [3.05, 3.63) is 69.7 Å². The molecule has 0 N–H and O–H groups in total. The van der Waals surface area contributed by atoms with Gasteiger partial charge in [0.25, 0.3) is 0 Å². The van der Waals surface area contributed by atoms with Gasteiger partial charge in [-0.25, -0.2) is 13.5 Å². The summed E-state index contributed by atoms with van der Waals surface area (Å²) >= 11 is 12.4. The number of nitrogens with zero attached hydrogens (tertiary/aromatic N) is 5. The van der Waals surface area contributed by atoms with Crippen LogP contribution < -0.4 is 4.90 Å². The highest BCUT2D eigenvalue weighted by Gasteiger charge is 2.22. The van der Waals surface area contributed by atoms with Crippen LogP contribution in [-0.2, 0) is 0 Å². The monoisotopic (exact) mass is 515 g/mol. The van der Waals surface area contributed by atoms with Gasteiger partial charge in [0.2, 0.25) is 0 Å². The van der Waals surface area contributed by atoms with Gasteiger partial charge in [-0.15, -0.1) is 12.4 Å². The summed E-state index contributed by atoms with van der Waals surface area (Å²) in [4.78, 5) is 20.9. The second-order valence-corrected chi connectivity index (χ2v) is 8.45. The molecule has 1 aliphatic rings. The van der Waals surface area contributed by atoms with E-state index < -0.39 is 11.6 Å². The molecule has 0 radical (unpaired) electrons. The SMILES string of the molecule is Cc1c(C(=O)CCN2CCN(c3cc(F)cc(F)c3)CC2)cnn1-c1c(Cl)cncc1Cl.Cl. The molecule has 0 aliphatic carbocycles. The van der Waals surface area contributed by atoms with Crippen molar-refractivity contribution in [1.29, 1.82) is 0 Å². The summed E-state index contributed by atoms with van der Waals surface area (Å²) < 4.78 is 28.5. The van der Waals surface area contributed by atoms with Crippen LogP contribution in [0.5, 0.6) is 0 Å². The fourth-order valence-corrected chi connectivity index (χ4v) is 4.39. The van der Waals surface area contributed by atoms with Crippen molar-refractivity contribution >= 4 is 47.1 Å². The van der Waals surface area contributed by atoms with E-state index >= 15 is 0 Å². The van der Waals surface area contributed by atoms with E-state index in [1.54, 1.807) is 11.6 Å². The van der Waals surface area contributed by atoms with Gasteiger partial charge in [-0.1, -0.05) is 23.2 Å². The van der Waals surface area contributed by atoms with Gasteiger partial charge in [-0.05, 0) is 19.1 Å². The summed E-state index contributed by atoms with van der Waals surface area (Å²) in [5.74, 6) is -1.19. The maximum absolute atomic E-state index is 13.5. The molecule has 6 nitrogen and oxygen atoms in total. The number of pyridine rings is 1. The Morgan fingerprint density at radius 2 is 1.61 bits per heavy atom. The molecule has 2 aromatic heterocycles. The van der Waals surface area contributed by atoms with Gasteiger partial charge in [0, 0.05) is 63.3 Å². The Morgan fingerprint density at radius 1 is 1.00 bits per heavy atom. The Bertz CT molecular complexity index is 1110. The maximum atomic E-state index is 13.5. The number of hydrogen-bond acceptors (Lipinski definition) is 5. The molecule has 176 valence electrons. The molecule has 1 aromatic carbocycles. The van der Waals surface area contributed by atoms with E-state index in [1.165, 1.54) is 30.7 Å². The average molecular weight is 517 g/mol.